The number of likely N-dealkylation sites (tertiary alicyclic amines) is 1. The zero-order chi connectivity index (χ0) is 13.6. The van der Waals surface area contributed by atoms with Gasteiger partial charge in [0, 0.05) is 24.4 Å². The fraction of sp³-hybridized carbons (Fsp3) is 0.600. The van der Waals surface area contributed by atoms with Gasteiger partial charge in [-0.3, -0.25) is 4.79 Å². The van der Waals surface area contributed by atoms with E-state index in [0.29, 0.717) is 5.92 Å². The number of hydrogen-bond acceptors (Lipinski definition) is 3. The molecule has 1 aromatic rings. The summed E-state index contributed by atoms with van der Waals surface area (Å²) in [5, 5.41) is 3.06. The predicted molar refractivity (Wildman–Crippen MR) is 75.7 cm³/mol. The maximum Gasteiger partial charge on any atom is 0.225 e. The Kier molecular flexibility index (Phi) is 2.90. The second-order valence-corrected chi connectivity index (χ2v) is 6.99. The Hall–Kier alpha value is -1.34. The van der Waals surface area contributed by atoms with E-state index < -0.39 is 0 Å². The molecule has 0 spiro atoms. The van der Waals surface area contributed by atoms with Crippen molar-refractivity contribution in [2.45, 2.75) is 27.2 Å². The molecule has 1 aliphatic heterocycles. The number of hydrogen-bond donors (Lipinski definition) is 0. The van der Waals surface area contributed by atoms with Crippen LogP contribution in [0.25, 0.3) is 0 Å². The minimum absolute atomic E-state index is 0.0715. The van der Waals surface area contributed by atoms with Crippen molar-refractivity contribution < 1.29 is 4.79 Å². The summed E-state index contributed by atoms with van der Waals surface area (Å²) in [5.74, 6) is 7.51. The monoisotopic (exact) mass is 274 g/mol. The lowest BCUT2D eigenvalue weighted by atomic mass is 10.1. The van der Waals surface area contributed by atoms with Crippen LogP contribution in [0.15, 0.2) is 5.38 Å². The molecule has 1 saturated carbocycles. The van der Waals surface area contributed by atoms with Crippen LogP contribution in [0.3, 0.4) is 0 Å². The van der Waals surface area contributed by atoms with Crippen LogP contribution in [-0.2, 0) is 4.79 Å². The molecule has 100 valence electrons. The molecule has 0 aromatic carbocycles. The van der Waals surface area contributed by atoms with Gasteiger partial charge in [0.25, 0.3) is 0 Å². The largest absolute Gasteiger partial charge is 0.341 e. The van der Waals surface area contributed by atoms with Crippen LogP contribution >= 0.6 is 11.3 Å². The molecule has 4 heteroatoms. The fourth-order valence-electron chi connectivity index (χ4n) is 2.82. The van der Waals surface area contributed by atoms with Crippen LogP contribution in [0, 0.1) is 36.0 Å². The molecule has 2 aliphatic rings. The number of fused-ring (bicyclic) bond motifs is 1. The average molecular weight is 274 g/mol. The third kappa shape index (κ3) is 2.28. The lowest BCUT2D eigenvalue weighted by molar-refractivity contribution is -0.134. The Morgan fingerprint density at radius 3 is 3.05 bits per heavy atom. The molecule has 0 N–H and O–H groups in total. The van der Waals surface area contributed by atoms with Crippen LogP contribution < -0.4 is 0 Å². The van der Waals surface area contributed by atoms with Gasteiger partial charge in [0.15, 0.2) is 0 Å². The maximum absolute atomic E-state index is 12.0. The summed E-state index contributed by atoms with van der Waals surface area (Å²) in [6, 6.07) is 0. The third-order valence-electron chi connectivity index (χ3n) is 4.01. The summed E-state index contributed by atoms with van der Waals surface area (Å²) in [6.45, 7) is 7.62. The topological polar surface area (TPSA) is 33.2 Å². The van der Waals surface area contributed by atoms with Gasteiger partial charge in [0.05, 0.1) is 10.4 Å². The van der Waals surface area contributed by atoms with Crippen LogP contribution in [-0.4, -0.2) is 28.9 Å². The first kappa shape index (κ1) is 12.7. The van der Waals surface area contributed by atoms with E-state index in [0.717, 1.165) is 30.2 Å². The highest BCUT2D eigenvalue weighted by Gasteiger charge is 2.60. The Labute approximate surface area is 118 Å². The summed E-state index contributed by atoms with van der Waals surface area (Å²) in [7, 11) is 0. The first-order valence-electron chi connectivity index (χ1n) is 6.74. The van der Waals surface area contributed by atoms with Gasteiger partial charge in [-0.05, 0) is 25.2 Å². The van der Waals surface area contributed by atoms with Crippen molar-refractivity contribution in [1.29, 1.82) is 0 Å². The zero-order valence-electron chi connectivity index (χ0n) is 11.6. The first-order chi connectivity index (χ1) is 9.00. The van der Waals surface area contributed by atoms with Gasteiger partial charge < -0.3 is 4.90 Å². The smallest absolute Gasteiger partial charge is 0.225 e. The Bertz CT molecular complexity index is 580. The molecule has 0 bridgehead atoms. The molecule has 0 radical (unpaired) electrons. The number of carbonyl (C=O) groups excluding carboxylic acids is 1. The number of rotatable bonds is 1. The van der Waals surface area contributed by atoms with Crippen molar-refractivity contribution in [3.05, 3.63) is 16.1 Å². The predicted octanol–water partition coefficient (Wildman–Crippen LogP) is 2.31. The molecule has 3 nitrogen and oxygen atoms in total. The van der Waals surface area contributed by atoms with Crippen molar-refractivity contribution >= 4 is 17.2 Å². The first-order valence-corrected chi connectivity index (χ1v) is 7.62. The highest BCUT2D eigenvalue weighted by Crippen LogP contribution is 2.57. The molecule has 1 aromatic heterocycles. The number of carbonyl (C=O) groups is 1. The average Bonchev–Trinajstić information content (AvgIpc) is 2.73. The second kappa shape index (κ2) is 4.35. The number of aromatic nitrogens is 1. The second-order valence-electron chi connectivity index (χ2n) is 5.93. The molecule has 1 amide bonds. The highest BCUT2D eigenvalue weighted by molar-refractivity contribution is 7.09. The van der Waals surface area contributed by atoms with Gasteiger partial charge in [-0.1, -0.05) is 19.8 Å². The normalized spacial score (nSPS) is 28.0. The Morgan fingerprint density at radius 1 is 1.63 bits per heavy atom. The summed E-state index contributed by atoms with van der Waals surface area (Å²) in [4.78, 5) is 18.4. The van der Waals surface area contributed by atoms with Crippen molar-refractivity contribution in [2.75, 3.05) is 13.1 Å². The van der Waals surface area contributed by atoms with Crippen LogP contribution in [0.4, 0.5) is 0 Å². The summed E-state index contributed by atoms with van der Waals surface area (Å²) in [5.41, 5.74) is 0.943. The Balaban J connectivity index is 1.71. The van der Waals surface area contributed by atoms with Crippen molar-refractivity contribution in [2.24, 2.45) is 17.3 Å². The molecule has 19 heavy (non-hydrogen) atoms. The lowest BCUT2D eigenvalue weighted by Gasteiger charge is -2.21. The van der Waals surface area contributed by atoms with E-state index in [1.54, 1.807) is 11.3 Å². The van der Waals surface area contributed by atoms with Crippen molar-refractivity contribution in [1.82, 2.24) is 9.88 Å². The summed E-state index contributed by atoms with van der Waals surface area (Å²) in [6.07, 6.45) is 1.14. The van der Waals surface area contributed by atoms with Crippen LogP contribution in [0.5, 0.6) is 0 Å². The number of thiazole rings is 1. The zero-order valence-corrected chi connectivity index (χ0v) is 12.4. The fourth-order valence-corrected chi connectivity index (χ4v) is 3.36. The summed E-state index contributed by atoms with van der Waals surface area (Å²) < 4.78 is 0. The molecule has 1 aliphatic carbocycles. The maximum atomic E-state index is 12.0. The lowest BCUT2D eigenvalue weighted by Crippen LogP contribution is -2.34. The van der Waals surface area contributed by atoms with Gasteiger partial charge in [0.2, 0.25) is 5.91 Å². The molecule has 1 saturated heterocycles. The van der Waals surface area contributed by atoms with Gasteiger partial charge in [0.1, 0.15) is 5.69 Å². The van der Waals surface area contributed by atoms with Crippen LogP contribution in [0.2, 0.25) is 0 Å². The number of piperidine rings is 1. The molecular weight excluding hydrogens is 256 g/mol. The summed E-state index contributed by atoms with van der Waals surface area (Å²) >= 11 is 1.63. The number of amides is 1. The van der Waals surface area contributed by atoms with E-state index in [-0.39, 0.29) is 17.2 Å². The minimum atomic E-state index is 0.0715. The van der Waals surface area contributed by atoms with E-state index in [9.17, 15) is 4.79 Å². The SMILES string of the molecule is Cc1nc(C#CC23CC2CN(C(=O)C(C)C)C3)cs1. The molecule has 2 fully saturated rings. The van der Waals surface area contributed by atoms with E-state index in [2.05, 4.69) is 16.8 Å². The minimum Gasteiger partial charge on any atom is -0.341 e. The third-order valence-corrected chi connectivity index (χ3v) is 4.78. The van der Waals surface area contributed by atoms with E-state index in [1.807, 2.05) is 31.1 Å². The number of nitrogens with zero attached hydrogens (tertiary/aromatic N) is 2. The van der Waals surface area contributed by atoms with Crippen molar-refractivity contribution in [3.8, 4) is 11.8 Å². The standard InChI is InChI=1S/C15H18N2OS/c1-10(2)14(18)17-7-12-6-15(12,9-17)5-4-13-8-19-11(3)16-13/h8,10,12H,6-7,9H2,1-3H3. The molecule has 2 atom stereocenters. The van der Waals surface area contributed by atoms with Gasteiger partial charge in [-0.25, -0.2) is 4.98 Å². The van der Waals surface area contributed by atoms with Crippen molar-refractivity contribution in [3.63, 3.8) is 0 Å². The van der Waals surface area contributed by atoms with E-state index >= 15 is 0 Å². The van der Waals surface area contributed by atoms with Gasteiger partial charge in [-0.15, -0.1) is 11.3 Å². The van der Waals surface area contributed by atoms with Gasteiger partial charge >= 0.3 is 0 Å². The molecule has 2 heterocycles. The van der Waals surface area contributed by atoms with Gasteiger partial charge in [-0.2, -0.15) is 0 Å². The Morgan fingerprint density at radius 2 is 2.42 bits per heavy atom. The number of aryl methyl sites for hydroxylation is 1. The van der Waals surface area contributed by atoms with Crippen LogP contribution in [0.1, 0.15) is 31.0 Å². The highest BCUT2D eigenvalue weighted by atomic mass is 32.1. The van der Waals surface area contributed by atoms with E-state index in [4.69, 9.17) is 0 Å². The van der Waals surface area contributed by atoms with E-state index in [1.165, 1.54) is 0 Å². The quantitative estimate of drug-likeness (QED) is 0.736. The molecule has 2 unspecified atom stereocenters. The molecule has 3 rings (SSSR count). The molecular formula is C15H18N2OS.